The first-order valence-corrected chi connectivity index (χ1v) is 8.01. The van der Waals surface area contributed by atoms with E-state index in [2.05, 4.69) is 31.8 Å². The van der Waals surface area contributed by atoms with E-state index in [1.165, 1.54) is 5.56 Å². The van der Waals surface area contributed by atoms with Crippen LogP contribution in [-0.2, 0) is 18.7 Å². The third kappa shape index (κ3) is 3.08. The molecule has 0 aromatic carbocycles. The van der Waals surface area contributed by atoms with Crippen molar-refractivity contribution in [3.8, 4) is 0 Å². The topological polar surface area (TPSA) is 62.7 Å². The van der Waals surface area contributed by atoms with Crippen molar-refractivity contribution in [2.45, 2.75) is 18.7 Å². The number of pyridine rings is 1. The first kappa shape index (κ1) is 13.3. The van der Waals surface area contributed by atoms with Gasteiger partial charge in [0.2, 0.25) is 5.95 Å². The molecule has 0 amide bonds. The molecule has 0 spiro atoms. The van der Waals surface area contributed by atoms with Crippen LogP contribution in [-0.4, -0.2) is 27.8 Å². The maximum absolute atomic E-state index is 4.55. The SMILES string of the molecule is CSCc1ccc(Nc2ncc3c(n2)CNCC3)cn1. The van der Waals surface area contributed by atoms with E-state index in [9.17, 15) is 0 Å². The van der Waals surface area contributed by atoms with Gasteiger partial charge in [0.1, 0.15) is 0 Å². The quantitative estimate of drug-likeness (QED) is 0.898. The number of aromatic nitrogens is 3. The van der Waals surface area contributed by atoms with Crippen LogP contribution in [0.15, 0.2) is 24.5 Å². The normalized spacial score (nSPS) is 13.8. The number of fused-ring (bicyclic) bond motifs is 1. The van der Waals surface area contributed by atoms with Crippen LogP contribution in [0.2, 0.25) is 0 Å². The fourth-order valence-corrected chi connectivity index (χ4v) is 2.62. The van der Waals surface area contributed by atoms with Gasteiger partial charge in [0.05, 0.1) is 23.3 Å². The monoisotopic (exact) mass is 287 g/mol. The highest BCUT2D eigenvalue weighted by atomic mass is 32.2. The molecule has 0 bridgehead atoms. The van der Waals surface area contributed by atoms with E-state index in [0.29, 0.717) is 5.95 Å². The average Bonchev–Trinajstić information content (AvgIpc) is 2.49. The van der Waals surface area contributed by atoms with E-state index in [0.717, 1.165) is 42.3 Å². The number of thioether (sulfide) groups is 1. The Morgan fingerprint density at radius 1 is 1.30 bits per heavy atom. The summed E-state index contributed by atoms with van der Waals surface area (Å²) in [5.41, 5.74) is 4.32. The van der Waals surface area contributed by atoms with Crippen LogP contribution in [0.3, 0.4) is 0 Å². The van der Waals surface area contributed by atoms with Crippen LogP contribution >= 0.6 is 11.8 Å². The maximum Gasteiger partial charge on any atom is 0.227 e. The third-order valence-electron chi connectivity index (χ3n) is 3.19. The Bertz CT molecular complexity index is 585. The molecule has 0 saturated heterocycles. The Hall–Kier alpha value is -1.66. The van der Waals surface area contributed by atoms with Crippen molar-refractivity contribution in [2.75, 3.05) is 18.1 Å². The van der Waals surface area contributed by atoms with Crippen molar-refractivity contribution in [1.82, 2.24) is 20.3 Å². The highest BCUT2D eigenvalue weighted by Crippen LogP contribution is 2.16. The van der Waals surface area contributed by atoms with Gasteiger partial charge in [0, 0.05) is 18.5 Å². The van der Waals surface area contributed by atoms with Crippen molar-refractivity contribution < 1.29 is 0 Å². The fourth-order valence-electron chi connectivity index (χ4n) is 2.15. The van der Waals surface area contributed by atoms with E-state index in [1.807, 2.05) is 24.5 Å². The van der Waals surface area contributed by atoms with Crippen molar-refractivity contribution in [3.63, 3.8) is 0 Å². The molecule has 0 fully saturated rings. The molecule has 2 aromatic heterocycles. The summed E-state index contributed by atoms with van der Waals surface area (Å²) in [6, 6.07) is 4.04. The summed E-state index contributed by atoms with van der Waals surface area (Å²) < 4.78 is 0. The summed E-state index contributed by atoms with van der Waals surface area (Å²) in [5.74, 6) is 1.56. The Kier molecular flexibility index (Phi) is 4.13. The lowest BCUT2D eigenvalue weighted by Gasteiger charge is -2.16. The van der Waals surface area contributed by atoms with Gasteiger partial charge in [-0.2, -0.15) is 11.8 Å². The molecule has 20 heavy (non-hydrogen) atoms. The molecule has 0 atom stereocenters. The minimum Gasteiger partial charge on any atom is -0.323 e. The zero-order valence-electron chi connectivity index (χ0n) is 11.4. The average molecular weight is 287 g/mol. The Balaban J connectivity index is 1.73. The molecule has 1 aliphatic heterocycles. The Labute approximate surface area is 122 Å². The molecule has 0 saturated carbocycles. The summed E-state index contributed by atoms with van der Waals surface area (Å²) in [7, 11) is 0. The molecule has 104 valence electrons. The van der Waals surface area contributed by atoms with Gasteiger partial charge >= 0.3 is 0 Å². The standard InChI is InChI=1S/C14H17N5S/c1-20-9-12-3-2-11(7-16-12)18-14-17-6-10-4-5-15-8-13(10)19-14/h2-3,6-7,15H,4-5,8-9H2,1H3,(H,17,18,19). The zero-order chi connectivity index (χ0) is 13.8. The second kappa shape index (κ2) is 6.19. The highest BCUT2D eigenvalue weighted by molar-refractivity contribution is 7.97. The number of hydrogen-bond donors (Lipinski definition) is 2. The first-order valence-electron chi connectivity index (χ1n) is 6.61. The van der Waals surface area contributed by atoms with Gasteiger partial charge in [-0.15, -0.1) is 0 Å². The smallest absolute Gasteiger partial charge is 0.227 e. The van der Waals surface area contributed by atoms with Crippen LogP contribution < -0.4 is 10.6 Å². The molecule has 2 N–H and O–H groups in total. The molecule has 3 rings (SSSR count). The summed E-state index contributed by atoms with van der Waals surface area (Å²) in [6.45, 7) is 1.82. The van der Waals surface area contributed by atoms with Gasteiger partial charge < -0.3 is 10.6 Å². The molecular weight excluding hydrogens is 270 g/mol. The molecule has 0 aliphatic carbocycles. The molecular formula is C14H17N5S. The molecule has 2 aromatic rings. The molecule has 3 heterocycles. The van der Waals surface area contributed by atoms with Crippen LogP contribution in [0.1, 0.15) is 17.0 Å². The number of anilines is 2. The van der Waals surface area contributed by atoms with E-state index >= 15 is 0 Å². The third-order valence-corrected chi connectivity index (χ3v) is 3.78. The predicted molar refractivity (Wildman–Crippen MR) is 82.2 cm³/mol. The Morgan fingerprint density at radius 2 is 2.25 bits per heavy atom. The summed E-state index contributed by atoms with van der Waals surface area (Å²) in [6.07, 6.45) is 6.82. The number of nitrogens with zero attached hydrogens (tertiary/aromatic N) is 3. The van der Waals surface area contributed by atoms with Crippen LogP contribution in [0, 0.1) is 0 Å². The van der Waals surface area contributed by atoms with Gasteiger partial charge in [-0.3, -0.25) is 4.98 Å². The van der Waals surface area contributed by atoms with Crippen molar-refractivity contribution >= 4 is 23.4 Å². The Morgan fingerprint density at radius 3 is 3.05 bits per heavy atom. The van der Waals surface area contributed by atoms with Crippen LogP contribution in [0.25, 0.3) is 0 Å². The van der Waals surface area contributed by atoms with Crippen LogP contribution in [0.5, 0.6) is 0 Å². The maximum atomic E-state index is 4.55. The fraction of sp³-hybridized carbons (Fsp3) is 0.357. The van der Waals surface area contributed by atoms with Crippen molar-refractivity contribution in [1.29, 1.82) is 0 Å². The van der Waals surface area contributed by atoms with Gasteiger partial charge in [-0.25, -0.2) is 9.97 Å². The second-order valence-corrected chi connectivity index (χ2v) is 5.55. The largest absolute Gasteiger partial charge is 0.323 e. The van der Waals surface area contributed by atoms with Crippen molar-refractivity contribution in [2.24, 2.45) is 0 Å². The molecule has 5 nitrogen and oxygen atoms in total. The minimum absolute atomic E-state index is 0.631. The molecule has 1 aliphatic rings. The molecule has 6 heteroatoms. The summed E-state index contributed by atoms with van der Waals surface area (Å²) in [5, 5.41) is 6.52. The number of rotatable bonds is 4. The summed E-state index contributed by atoms with van der Waals surface area (Å²) >= 11 is 1.77. The molecule has 0 radical (unpaired) electrons. The molecule has 0 unspecified atom stereocenters. The lowest BCUT2D eigenvalue weighted by molar-refractivity contribution is 0.624. The van der Waals surface area contributed by atoms with E-state index in [-0.39, 0.29) is 0 Å². The van der Waals surface area contributed by atoms with Gasteiger partial charge in [0.25, 0.3) is 0 Å². The van der Waals surface area contributed by atoms with Gasteiger partial charge in [-0.05, 0) is 36.9 Å². The first-order chi connectivity index (χ1) is 9.85. The number of hydrogen-bond acceptors (Lipinski definition) is 6. The minimum atomic E-state index is 0.631. The van der Waals surface area contributed by atoms with Gasteiger partial charge in [-0.1, -0.05) is 0 Å². The van der Waals surface area contributed by atoms with Crippen molar-refractivity contribution in [3.05, 3.63) is 41.5 Å². The summed E-state index contributed by atoms with van der Waals surface area (Å²) in [4.78, 5) is 13.3. The lowest BCUT2D eigenvalue weighted by atomic mass is 10.1. The highest BCUT2D eigenvalue weighted by Gasteiger charge is 2.11. The van der Waals surface area contributed by atoms with E-state index < -0.39 is 0 Å². The zero-order valence-corrected chi connectivity index (χ0v) is 12.2. The van der Waals surface area contributed by atoms with E-state index in [1.54, 1.807) is 11.8 Å². The van der Waals surface area contributed by atoms with Gasteiger partial charge in [0.15, 0.2) is 0 Å². The lowest BCUT2D eigenvalue weighted by Crippen LogP contribution is -2.25. The second-order valence-electron chi connectivity index (χ2n) is 4.69. The predicted octanol–water partition coefficient (Wildman–Crippen LogP) is 2.12. The number of nitrogens with one attached hydrogen (secondary N) is 2. The van der Waals surface area contributed by atoms with E-state index in [4.69, 9.17) is 0 Å². The van der Waals surface area contributed by atoms with Crippen LogP contribution in [0.4, 0.5) is 11.6 Å².